The van der Waals surface area contributed by atoms with E-state index >= 15 is 0 Å². The molecular formula is C17H20N5+. The third kappa shape index (κ3) is 2.55. The Balaban J connectivity index is 1.42. The summed E-state index contributed by atoms with van der Waals surface area (Å²) in [4.78, 5) is 4.02. The average molecular weight is 294 g/mol. The minimum Gasteiger partial charge on any atom is -0.360 e. The molecule has 0 atom stereocenters. The molecule has 3 aromatic rings. The highest BCUT2D eigenvalue weighted by Gasteiger charge is 2.21. The van der Waals surface area contributed by atoms with Crippen LogP contribution < -0.4 is 9.80 Å². The summed E-state index contributed by atoms with van der Waals surface area (Å²) in [6.45, 7) is 5.33. The number of fused-ring (bicyclic) bond motifs is 1. The lowest BCUT2D eigenvalue weighted by molar-refractivity contribution is -0.923. The molecule has 0 unspecified atom stereocenters. The van der Waals surface area contributed by atoms with Crippen molar-refractivity contribution in [1.29, 1.82) is 0 Å². The number of nitrogens with zero attached hydrogens (tertiary/aromatic N) is 4. The molecular weight excluding hydrogens is 274 g/mol. The standard InChI is InChI=1S/C17H19N5/c1-2-6-15(7-3-1)21-12-10-20(11-13-21)14-22-17-9-5-4-8-16(17)18-19-22/h1-9H,10-14H2/p+1. The third-order valence-corrected chi connectivity index (χ3v) is 4.39. The number of aromatic nitrogens is 3. The first-order chi connectivity index (χ1) is 10.9. The number of hydrogen-bond acceptors (Lipinski definition) is 3. The van der Waals surface area contributed by atoms with Gasteiger partial charge in [0.1, 0.15) is 5.52 Å². The first kappa shape index (κ1) is 13.3. The SMILES string of the molecule is c1ccc(N2CC[NH+](Cn3nnc4ccccc43)CC2)cc1. The van der Waals surface area contributed by atoms with Crippen molar-refractivity contribution in [2.45, 2.75) is 6.67 Å². The van der Waals surface area contributed by atoms with Crippen molar-refractivity contribution < 1.29 is 4.90 Å². The summed E-state index contributed by atoms with van der Waals surface area (Å²) in [7, 11) is 0. The Morgan fingerprint density at radius 2 is 1.64 bits per heavy atom. The van der Waals surface area contributed by atoms with E-state index in [1.165, 1.54) is 5.69 Å². The van der Waals surface area contributed by atoms with Crippen LogP contribution in [0, 0.1) is 0 Å². The van der Waals surface area contributed by atoms with Crippen molar-refractivity contribution in [3.05, 3.63) is 54.6 Å². The fraction of sp³-hybridized carbons (Fsp3) is 0.294. The van der Waals surface area contributed by atoms with E-state index in [2.05, 4.69) is 51.6 Å². The highest BCUT2D eigenvalue weighted by atomic mass is 15.5. The Hall–Kier alpha value is -2.40. The molecule has 1 aliphatic heterocycles. The molecule has 4 rings (SSSR count). The molecule has 1 N–H and O–H groups in total. The zero-order valence-electron chi connectivity index (χ0n) is 12.5. The van der Waals surface area contributed by atoms with Gasteiger partial charge in [0, 0.05) is 5.69 Å². The van der Waals surface area contributed by atoms with Crippen LogP contribution in [0.25, 0.3) is 11.0 Å². The van der Waals surface area contributed by atoms with E-state index in [1.807, 2.05) is 22.9 Å². The molecule has 5 heteroatoms. The summed E-state index contributed by atoms with van der Waals surface area (Å²) in [5.74, 6) is 0. The second kappa shape index (κ2) is 5.77. The van der Waals surface area contributed by atoms with Crippen molar-refractivity contribution >= 4 is 16.7 Å². The molecule has 0 saturated carbocycles. The lowest BCUT2D eigenvalue weighted by atomic mass is 10.2. The Morgan fingerprint density at radius 3 is 2.45 bits per heavy atom. The lowest BCUT2D eigenvalue weighted by Gasteiger charge is -2.33. The van der Waals surface area contributed by atoms with Gasteiger partial charge in [0.2, 0.25) is 0 Å². The van der Waals surface area contributed by atoms with Crippen LogP contribution in [-0.2, 0) is 6.67 Å². The van der Waals surface area contributed by atoms with Crippen molar-refractivity contribution in [2.75, 3.05) is 31.1 Å². The first-order valence-corrected chi connectivity index (χ1v) is 7.82. The second-order valence-corrected chi connectivity index (χ2v) is 5.81. The van der Waals surface area contributed by atoms with Crippen LogP contribution in [0.1, 0.15) is 0 Å². The third-order valence-electron chi connectivity index (χ3n) is 4.39. The van der Waals surface area contributed by atoms with Crippen LogP contribution in [0.4, 0.5) is 5.69 Å². The van der Waals surface area contributed by atoms with Gasteiger partial charge in [-0.05, 0) is 24.3 Å². The fourth-order valence-electron chi connectivity index (χ4n) is 3.12. The van der Waals surface area contributed by atoms with E-state index in [0.717, 1.165) is 43.9 Å². The quantitative estimate of drug-likeness (QED) is 0.776. The maximum absolute atomic E-state index is 4.30. The molecule has 0 radical (unpaired) electrons. The van der Waals surface area contributed by atoms with E-state index in [0.29, 0.717) is 0 Å². The molecule has 1 aromatic heterocycles. The molecule has 1 fully saturated rings. The van der Waals surface area contributed by atoms with Crippen LogP contribution in [0.3, 0.4) is 0 Å². The predicted octanol–water partition coefficient (Wildman–Crippen LogP) is 0.794. The van der Waals surface area contributed by atoms with Crippen molar-refractivity contribution in [2.24, 2.45) is 0 Å². The number of para-hydroxylation sites is 2. The van der Waals surface area contributed by atoms with Gasteiger partial charge >= 0.3 is 0 Å². The number of rotatable bonds is 3. The average Bonchev–Trinajstić information content (AvgIpc) is 3.00. The monoisotopic (exact) mass is 294 g/mol. The van der Waals surface area contributed by atoms with Crippen molar-refractivity contribution in [1.82, 2.24) is 15.0 Å². The number of nitrogens with one attached hydrogen (secondary N) is 1. The highest BCUT2D eigenvalue weighted by Crippen LogP contribution is 2.12. The topological polar surface area (TPSA) is 38.4 Å². The Kier molecular flexibility index (Phi) is 3.48. The van der Waals surface area contributed by atoms with Gasteiger partial charge in [-0.25, -0.2) is 0 Å². The van der Waals surface area contributed by atoms with Gasteiger partial charge in [0.05, 0.1) is 31.7 Å². The normalized spacial score (nSPS) is 16.3. The largest absolute Gasteiger partial charge is 0.360 e. The summed E-state index contributed by atoms with van der Waals surface area (Å²) in [6.07, 6.45) is 0. The van der Waals surface area contributed by atoms with Crippen LogP contribution >= 0.6 is 0 Å². The van der Waals surface area contributed by atoms with Gasteiger partial charge in [0.25, 0.3) is 0 Å². The van der Waals surface area contributed by atoms with Gasteiger partial charge in [0.15, 0.2) is 6.67 Å². The van der Waals surface area contributed by atoms with E-state index in [4.69, 9.17) is 0 Å². The molecule has 22 heavy (non-hydrogen) atoms. The number of piperazine rings is 1. The fourth-order valence-corrected chi connectivity index (χ4v) is 3.12. The summed E-state index contributed by atoms with van der Waals surface area (Å²) in [5, 5.41) is 8.53. The van der Waals surface area contributed by atoms with Crippen molar-refractivity contribution in [3.8, 4) is 0 Å². The lowest BCUT2D eigenvalue weighted by Crippen LogP contribution is -3.14. The summed E-state index contributed by atoms with van der Waals surface area (Å²) >= 11 is 0. The van der Waals surface area contributed by atoms with Gasteiger partial charge in [-0.2, -0.15) is 4.68 Å². The van der Waals surface area contributed by atoms with Crippen LogP contribution in [0.5, 0.6) is 0 Å². The van der Waals surface area contributed by atoms with E-state index in [1.54, 1.807) is 4.90 Å². The number of benzene rings is 2. The molecule has 0 amide bonds. The molecule has 0 spiro atoms. The highest BCUT2D eigenvalue weighted by molar-refractivity contribution is 5.73. The van der Waals surface area contributed by atoms with Crippen LogP contribution in [0.2, 0.25) is 0 Å². The molecule has 2 aromatic carbocycles. The molecule has 1 saturated heterocycles. The van der Waals surface area contributed by atoms with E-state index < -0.39 is 0 Å². The van der Waals surface area contributed by atoms with Gasteiger partial charge in [-0.3, -0.25) is 0 Å². The second-order valence-electron chi connectivity index (χ2n) is 5.81. The summed E-state index contributed by atoms with van der Waals surface area (Å²) < 4.78 is 2.03. The minimum absolute atomic E-state index is 0.892. The Labute approximate surface area is 129 Å². The maximum atomic E-state index is 4.30. The predicted molar refractivity (Wildman–Crippen MR) is 86.9 cm³/mol. The zero-order valence-corrected chi connectivity index (χ0v) is 12.5. The molecule has 1 aliphatic rings. The minimum atomic E-state index is 0.892. The van der Waals surface area contributed by atoms with Gasteiger partial charge in [-0.1, -0.05) is 35.5 Å². The van der Waals surface area contributed by atoms with Crippen molar-refractivity contribution in [3.63, 3.8) is 0 Å². The van der Waals surface area contributed by atoms with Crippen LogP contribution in [-0.4, -0.2) is 41.2 Å². The molecule has 112 valence electrons. The van der Waals surface area contributed by atoms with E-state index in [-0.39, 0.29) is 0 Å². The van der Waals surface area contributed by atoms with E-state index in [9.17, 15) is 0 Å². The number of anilines is 1. The first-order valence-electron chi connectivity index (χ1n) is 7.82. The number of quaternary nitrogens is 1. The summed E-state index contributed by atoms with van der Waals surface area (Å²) in [6, 6.07) is 18.8. The van der Waals surface area contributed by atoms with Gasteiger partial charge < -0.3 is 9.80 Å². The molecule has 5 nitrogen and oxygen atoms in total. The maximum Gasteiger partial charge on any atom is 0.175 e. The summed E-state index contributed by atoms with van der Waals surface area (Å²) in [5.41, 5.74) is 3.43. The number of hydrogen-bond donors (Lipinski definition) is 1. The molecule has 0 aliphatic carbocycles. The molecule has 2 heterocycles. The van der Waals surface area contributed by atoms with Gasteiger partial charge in [-0.15, -0.1) is 5.10 Å². The molecule has 0 bridgehead atoms. The van der Waals surface area contributed by atoms with Crippen LogP contribution in [0.15, 0.2) is 54.6 Å². The Bertz CT molecular complexity index is 744. The Morgan fingerprint density at radius 1 is 0.909 bits per heavy atom. The zero-order chi connectivity index (χ0) is 14.8. The smallest absolute Gasteiger partial charge is 0.175 e.